The van der Waals surface area contributed by atoms with Crippen molar-refractivity contribution in [2.45, 2.75) is 27.7 Å². The van der Waals surface area contributed by atoms with Crippen LogP contribution >= 0.6 is 0 Å². The van der Waals surface area contributed by atoms with Gasteiger partial charge in [-0.25, -0.2) is 0 Å². The molecular weight excluding hydrogens is 336 g/mol. The lowest BCUT2D eigenvalue weighted by Crippen LogP contribution is -2.17. The SMILES string of the molecule is CC1(C)C=CC(=C2C=CC(C)(C)C(c3ccccc3)=C2c2ccccc2)C=C1. The Bertz CT molecular complexity index is 1000. The van der Waals surface area contributed by atoms with E-state index in [1.165, 1.54) is 33.4 Å². The standard InChI is InChI=1S/C28H28/c1-27(2)18-15-21(16-19-27)24-17-20-28(3,4)26(23-13-9-6-10-14-23)25(24)22-11-7-5-8-12-22/h5-20H,1-4H3. The van der Waals surface area contributed by atoms with E-state index in [9.17, 15) is 0 Å². The minimum absolute atomic E-state index is 0.0437. The summed E-state index contributed by atoms with van der Waals surface area (Å²) in [5.41, 5.74) is 7.93. The molecule has 140 valence electrons. The van der Waals surface area contributed by atoms with Crippen molar-refractivity contribution in [2.24, 2.45) is 10.8 Å². The summed E-state index contributed by atoms with van der Waals surface area (Å²) in [4.78, 5) is 0. The van der Waals surface area contributed by atoms with Crippen LogP contribution in [0.1, 0.15) is 38.8 Å². The van der Waals surface area contributed by atoms with Crippen molar-refractivity contribution in [3.8, 4) is 0 Å². The van der Waals surface area contributed by atoms with Gasteiger partial charge in [0.05, 0.1) is 0 Å². The Morgan fingerprint density at radius 2 is 1.11 bits per heavy atom. The van der Waals surface area contributed by atoms with Crippen LogP contribution in [0.3, 0.4) is 0 Å². The van der Waals surface area contributed by atoms with Gasteiger partial charge >= 0.3 is 0 Å². The smallest absolute Gasteiger partial charge is 0.00909 e. The van der Waals surface area contributed by atoms with E-state index in [1.807, 2.05) is 0 Å². The third-order valence-corrected chi connectivity index (χ3v) is 5.65. The molecule has 2 aliphatic carbocycles. The van der Waals surface area contributed by atoms with Gasteiger partial charge in [-0.3, -0.25) is 0 Å². The highest BCUT2D eigenvalue weighted by atomic mass is 14.3. The summed E-state index contributed by atoms with van der Waals surface area (Å²) < 4.78 is 0. The van der Waals surface area contributed by atoms with E-state index in [2.05, 4.69) is 125 Å². The van der Waals surface area contributed by atoms with E-state index < -0.39 is 0 Å². The molecular formula is C28H28. The van der Waals surface area contributed by atoms with Gasteiger partial charge in [0.1, 0.15) is 0 Å². The molecule has 0 spiro atoms. The largest absolute Gasteiger partial charge is 0.0745 e. The van der Waals surface area contributed by atoms with Crippen LogP contribution in [0.25, 0.3) is 11.1 Å². The fourth-order valence-corrected chi connectivity index (χ4v) is 4.08. The molecule has 0 saturated carbocycles. The van der Waals surface area contributed by atoms with Crippen LogP contribution in [0.15, 0.2) is 108 Å². The van der Waals surface area contributed by atoms with Gasteiger partial charge in [-0.15, -0.1) is 0 Å². The molecule has 0 atom stereocenters. The molecule has 0 unspecified atom stereocenters. The van der Waals surface area contributed by atoms with Crippen LogP contribution in [-0.2, 0) is 0 Å². The van der Waals surface area contributed by atoms with Crippen LogP contribution < -0.4 is 0 Å². The van der Waals surface area contributed by atoms with Crippen LogP contribution in [0.4, 0.5) is 0 Å². The maximum atomic E-state index is 2.35. The molecule has 0 heterocycles. The Balaban J connectivity index is 2.03. The van der Waals surface area contributed by atoms with Crippen LogP contribution in [0.5, 0.6) is 0 Å². The van der Waals surface area contributed by atoms with Crippen LogP contribution in [0.2, 0.25) is 0 Å². The Labute approximate surface area is 169 Å². The number of allylic oxidation sites excluding steroid dienone is 10. The minimum Gasteiger partial charge on any atom is -0.0745 e. The van der Waals surface area contributed by atoms with Gasteiger partial charge in [0.25, 0.3) is 0 Å². The summed E-state index contributed by atoms with van der Waals surface area (Å²) in [5.74, 6) is 0. The average Bonchev–Trinajstić information content (AvgIpc) is 2.69. The molecule has 0 aromatic heterocycles. The third-order valence-electron chi connectivity index (χ3n) is 5.65. The second-order valence-corrected chi connectivity index (χ2v) is 8.89. The zero-order chi connectivity index (χ0) is 19.8. The Kier molecular flexibility index (Phi) is 4.59. The average molecular weight is 365 g/mol. The van der Waals surface area contributed by atoms with Gasteiger partial charge in [0.15, 0.2) is 0 Å². The van der Waals surface area contributed by atoms with E-state index in [0.29, 0.717) is 0 Å². The molecule has 2 aromatic rings. The van der Waals surface area contributed by atoms with Crippen molar-refractivity contribution >= 4 is 11.1 Å². The monoisotopic (exact) mass is 364 g/mol. The predicted molar refractivity (Wildman–Crippen MR) is 122 cm³/mol. The predicted octanol–water partition coefficient (Wildman–Crippen LogP) is 7.64. The van der Waals surface area contributed by atoms with Gasteiger partial charge in [0, 0.05) is 10.8 Å². The van der Waals surface area contributed by atoms with Gasteiger partial charge in [-0.05, 0) is 33.4 Å². The second kappa shape index (κ2) is 6.95. The molecule has 0 heteroatoms. The summed E-state index contributed by atoms with van der Waals surface area (Å²) in [6, 6.07) is 21.6. The Hall–Kier alpha value is -2.86. The van der Waals surface area contributed by atoms with Crippen molar-refractivity contribution in [3.63, 3.8) is 0 Å². The highest BCUT2D eigenvalue weighted by Crippen LogP contribution is 2.49. The highest BCUT2D eigenvalue weighted by molar-refractivity contribution is 6.04. The first-order valence-electron chi connectivity index (χ1n) is 10.1. The van der Waals surface area contributed by atoms with E-state index >= 15 is 0 Å². The van der Waals surface area contributed by atoms with Crippen molar-refractivity contribution in [2.75, 3.05) is 0 Å². The van der Waals surface area contributed by atoms with E-state index in [-0.39, 0.29) is 10.8 Å². The summed E-state index contributed by atoms with van der Waals surface area (Å²) in [7, 11) is 0. The maximum Gasteiger partial charge on any atom is 0.00909 e. The van der Waals surface area contributed by atoms with Crippen molar-refractivity contribution < 1.29 is 0 Å². The molecule has 4 rings (SSSR count). The first-order chi connectivity index (χ1) is 13.4. The van der Waals surface area contributed by atoms with E-state index in [0.717, 1.165) is 0 Å². The summed E-state index contributed by atoms with van der Waals surface area (Å²) in [5, 5.41) is 0. The topological polar surface area (TPSA) is 0 Å². The lowest BCUT2D eigenvalue weighted by molar-refractivity contribution is 0.620. The number of rotatable bonds is 2. The molecule has 0 saturated heterocycles. The van der Waals surface area contributed by atoms with Gasteiger partial charge in [0.2, 0.25) is 0 Å². The molecule has 0 nitrogen and oxygen atoms in total. The van der Waals surface area contributed by atoms with Crippen molar-refractivity contribution in [3.05, 3.63) is 119 Å². The normalized spacial score (nSPS) is 20.0. The van der Waals surface area contributed by atoms with Gasteiger partial charge in [-0.1, -0.05) is 125 Å². The lowest BCUT2D eigenvalue weighted by Gasteiger charge is -2.34. The maximum absolute atomic E-state index is 2.35. The fraction of sp³-hybridized carbons (Fsp3) is 0.214. The molecule has 2 aliphatic rings. The van der Waals surface area contributed by atoms with Crippen molar-refractivity contribution in [1.29, 1.82) is 0 Å². The summed E-state index contributed by atoms with van der Waals surface area (Å²) in [6.07, 6.45) is 13.8. The molecule has 0 aliphatic heterocycles. The third kappa shape index (κ3) is 3.47. The van der Waals surface area contributed by atoms with E-state index in [4.69, 9.17) is 0 Å². The number of hydrogen-bond donors (Lipinski definition) is 0. The first-order valence-corrected chi connectivity index (χ1v) is 10.1. The van der Waals surface area contributed by atoms with Crippen LogP contribution in [-0.4, -0.2) is 0 Å². The number of benzene rings is 2. The minimum atomic E-state index is -0.0437. The van der Waals surface area contributed by atoms with E-state index in [1.54, 1.807) is 0 Å². The molecule has 0 N–H and O–H groups in total. The Morgan fingerprint density at radius 3 is 1.68 bits per heavy atom. The zero-order valence-corrected chi connectivity index (χ0v) is 17.2. The molecule has 0 bridgehead atoms. The quantitative estimate of drug-likeness (QED) is 0.513. The first kappa shape index (κ1) is 18.5. The number of hydrogen-bond acceptors (Lipinski definition) is 0. The molecule has 0 fully saturated rings. The second-order valence-electron chi connectivity index (χ2n) is 8.89. The highest BCUT2D eigenvalue weighted by Gasteiger charge is 2.31. The summed E-state index contributed by atoms with van der Waals surface area (Å²) in [6.45, 7) is 9.10. The molecule has 28 heavy (non-hydrogen) atoms. The van der Waals surface area contributed by atoms with Gasteiger partial charge < -0.3 is 0 Å². The van der Waals surface area contributed by atoms with Crippen molar-refractivity contribution in [1.82, 2.24) is 0 Å². The molecule has 0 radical (unpaired) electrons. The van der Waals surface area contributed by atoms with Gasteiger partial charge in [-0.2, -0.15) is 0 Å². The zero-order valence-electron chi connectivity index (χ0n) is 17.2. The molecule has 2 aromatic carbocycles. The Morgan fingerprint density at radius 1 is 0.571 bits per heavy atom. The fourth-order valence-electron chi connectivity index (χ4n) is 4.08. The lowest BCUT2D eigenvalue weighted by atomic mass is 9.69. The molecule has 0 amide bonds. The van der Waals surface area contributed by atoms with Crippen LogP contribution in [0, 0.1) is 10.8 Å². The summed E-state index contributed by atoms with van der Waals surface area (Å²) >= 11 is 0.